The van der Waals surface area contributed by atoms with Crippen molar-refractivity contribution < 1.29 is 0 Å². The van der Waals surface area contributed by atoms with Crippen molar-refractivity contribution in [3.63, 3.8) is 0 Å². The molecule has 3 N–H and O–H groups in total. The fraction of sp³-hybridized carbons (Fsp3) is 0.909. The lowest BCUT2D eigenvalue weighted by Crippen LogP contribution is -2.37. The van der Waals surface area contributed by atoms with Crippen molar-refractivity contribution in [2.24, 2.45) is 5.73 Å². The summed E-state index contributed by atoms with van der Waals surface area (Å²) >= 11 is 0. The van der Waals surface area contributed by atoms with Gasteiger partial charge in [0.25, 0.3) is 0 Å². The standard InChI is InChI=1S/C11H22N4/c1-14-9-2-3-10(14)8-15(6-4-9)7-5-11(12)13/h9-10H,2-8H2,1H3,(H3,12,13). The number of fused-ring (bicyclic) bond motifs is 2. The molecule has 0 radical (unpaired) electrons. The first-order valence-electron chi connectivity index (χ1n) is 5.94. The first kappa shape index (κ1) is 10.9. The summed E-state index contributed by atoms with van der Waals surface area (Å²) in [5.74, 6) is 0.317. The zero-order valence-electron chi connectivity index (χ0n) is 9.58. The van der Waals surface area contributed by atoms with Crippen molar-refractivity contribution in [1.82, 2.24) is 9.80 Å². The van der Waals surface area contributed by atoms with E-state index < -0.39 is 0 Å². The average Bonchev–Trinajstić information content (AvgIpc) is 2.40. The number of nitrogens with two attached hydrogens (primary N) is 1. The highest BCUT2D eigenvalue weighted by atomic mass is 15.3. The van der Waals surface area contributed by atoms with E-state index in [1.165, 1.54) is 32.4 Å². The molecule has 0 saturated carbocycles. The van der Waals surface area contributed by atoms with Crippen molar-refractivity contribution in [2.75, 3.05) is 26.7 Å². The van der Waals surface area contributed by atoms with Gasteiger partial charge in [-0.1, -0.05) is 0 Å². The molecule has 2 rings (SSSR count). The fourth-order valence-corrected chi connectivity index (χ4v) is 2.86. The molecule has 2 fully saturated rings. The number of likely N-dealkylation sites (tertiary alicyclic amines) is 1. The quantitative estimate of drug-likeness (QED) is 0.526. The van der Waals surface area contributed by atoms with Gasteiger partial charge in [0.2, 0.25) is 0 Å². The minimum absolute atomic E-state index is 0.317. The number of likely N-dealkylation sites (N-methyl/N-ethyl adjacent to an activating group) is 1. The van der Waals surface area contributed by atoms with Crippen molar-refractivity contribution in [3.05, 3.63) is 0 Å². The molecule has 0 aromatic carbocycles. The number of hydrogen-bond donors (Lipinski definition) is 2. The minimum atomic E-state index is 0.317. The van der Waals surface area contributed by atoms with Crippen molar-refractivity contribution in [2.45, 2.75) is 37.8 Å². The summed E-state index contributed by atoms with van der Waals surface area (Å²) in [4.78, 5) is 5.02. The molecule has 15 heavy (non-hydrogen) atoms. The Morgan fingerprint density at radius 2 is 2.07 bits per heavy atom. The molecule has 0 aromatic rings. The zero-order valence-corrected chi connectivity index (χ0v) is 9.58. The van der Waals surface area contributed by atoms with Crippen LogP contribution in [0.4, 0.5) is 0 Å². The Kier molecular flexibility index (Phi) is 3.26. The van der Waals surface area contributed by atoms with Crippen molar-refractivity contribution in [1.29, 1.82) is 5.41 Å². The number of rotatable bonds is 3. The van der Waals surface area contributed by atoms with Gasteiger partial charge in [-0.05, 0) is 32.9 Å². The fourth-order valence-electron chi connectivity index (χ4n) is 2.86. The van der Waals surface area contributed by atoms with Gasteiger partial charge in [-0.15, -0.1) is 0 Å². The van der Waals surface area contributed by atoms with Crippen LogP contribution in [0.25, 0.3) is 0 Å². The van der Waals surface area contributed by atoms with Crippen LogP contribution in [0, 0.1) is 5.41 Å². The van der Waals surface area contributed by atoms with Crippen LogP contribution in [0.2, 0.25) is 0 Å². The summed E-state index contributed by atoms with van der Waals surface area (Å²) < 4.78 is 0. The van der Waals surface area contributed by atoms with E-state index in [1.807, 2.05) is 0 Å². The van der Waals surface area contributed by atoms with Gasteiger partial charge < -0.3 is 10.6 Å². The van der Waals surface area contributed by atoms with E-state index in [2.05, 4.69) is 16.8 Å². The van der Waals surface area contributed by atoms with Crippen molar-refractivity contribution in [3.8, 4) is 0 Å². The third-order valence-electron chi connectivity index (χ3n) is 3.93. The number of nitrogens with zero attached hydrogens (tertiary/aromatic N) is 2. The average molecular weight is 210 g/mol. The second-order valence-electron chi connectivity index (χ2n) is 4.91. The van der Waals surface area contributed by atoms with E-state index in [9.17, 15) is 0 Å². The summed E-state index contributed by atoms with van der Waals surface area (Å²) in [6, 6.07) is 1.54. The summed E-state index contributed by atoms with van der Waals surface area (Å²) in [7, 11) is 2.26. The Hall–Kier alpha value is -0.610. The molecule has 0 spiro atoms. The summed E-state index contributed by atoms with van der Waals surface area (Å²) in [5, 5.41) is 7.25. The molecule has 4 nitrogen and oxygen atoms in total. The topological polar surface area (TPSA) is 56.4 Å². The third kappa shape index (κ3) is 2.49. The first-order chi connectivity index (χ1) is 7.16. The molecule has 0 aliphatic carbocycles. The maximum atomic E-state index is 7.25. The van der Waals surface area contributed by atoms with Crippen LogP contribution < -0.4 is 5.73 Å². The molecule has 2 heterocycles. The van der Waals surface area contributed by atoms with Crippen LogP contribution in [0.1, 0.15) is 25.7 Å². The van der Waals surface area contributed by atoms with E-state index in [-0.39, 0.29) is 0 Å². The Balaban J connectivity index is 1.86. The molecule has 0 amide bonds. The molecule has 2 atom stereocenters. The molecule has 4 heteroatoms. The van der Waals surface area contributed by atoms with Crippen LogP contribution in [0.5, 0.6) is 0 Å². The van der Waals surface area contributed by atoms with Gasteiger partial charge in [-0.25, -0.2) is 0 Å². The van der Waals surface area contributed by atoms with E-state index in [0.29, 0.717) is 5.84 Å². The Labute approximate surface area is 91.9 Å². The lowest BCUT2D eigenvalue weighted by molar-refractivity contribution is 0.222. The summed E-state index contributed by atoms with van der Waals surface area (Å²) in [6.07, 6.45) is 4.73. The van der Waals surface area contributed by atoms with Crippen LogP contribution >= 0.6 is 0 Å². The molecular formula is C11H22N4. The molecule has 2 saturated heterocycles. The first-order valence-corrected chi connectivity index (χ1v) is 5.94. The Morgan fingerprint density at radius 3 is 2.80 bits per heavy atom. The second kappa shape index (κ2) is 4.49. The van der Waals surface area contributed by atoms with Gasteiger partial charge in [-0.3, -0.25) is 10.3 Å². The van der Waals surface area contributed by atoms with Crippen LogP contribution in [0.15, 0.2) is 0 Å². The van der Waals surface area contributed by atoms with Crippen molar-refractivity contribution >= 4 is 5.84 Å². The lowest BCUT2D eigenvalue weighted by atomic mass is 10.1. The monoisotopic (exact) mass is 210 g/mol. The van der Waals surface area contributed by atoms with Gasteiger partial charge in [0.1, 0.15) is 0 Å². The molecule has 2 unspecified atom stereocenters. The number of hydrogen-bond acceptors (Lipinski definition) is 3. The minimum Gasteiger partial charge on any atom is -0.388 e. The lowest BCUT2D eigenvalue weighted by Gasteiger charge is -2.25. The van der Waals surface area contributed by atoms with Gasteiger partial charge in [0.15, 0.2) is 0 Å². The summed E-state index contributed by atoms with van der Waals surface area (Å²) in [5.41, 5.74) is 5.40. The molecule has 2 bridgehead atoms. The maximum absolute atomic E-state index is 7.25. The van der Waals surface area contributed by atoms with Crippen LogP contribution in [-0.2, 0) is 0 Å². The van der Waals surface area contributed by atoms with Gasteiger partial charge in [0, 0.05) is 31.6 Å². The molecule has 86 valence electrons. The highest BCUT2D eigenvalue weighted by Crippen LogP contribution is 2.28. The summed E-state index contributed by atoms with van der Waals surface area (Å²) in [6.45, 7) is 3.31. The number of amidine groups is 1. The van der Waals surface area contributed by atoms with Crippen LogP contribution in [0.3, 0.4) is 0 Å². The molecule has 2 aliphatic rings. The van der Waals surface area contributed by atoms with E-state index in [0.717, 1.165) is 25.0 Å². The van der Waals surface area contributed by atoms with Gasteiger partial charge in [-0.2, -0.15) is 0 Å². The molecule has 0 aromatic heterocycles. The number of nitrogens with one attached hydrogen (secondary N) is 1. The largest absolute Gasteiger partial charge is 0.388 e. The Bertz CT molecular complexity index is 241. The normalized spacial score (nSPS) is 32.9. The molecular weight excluding hydrogens is 188 g/mol. The smallest absolute Gasteiger partial charge is 0.0918 e. The highest BCUT2D eigenvalue weighted by molar-refractivity contribution is 5.76. The SMILES string of the molecule is CN1C2CCC1CN(CCC(=N)N)CC2. The van der Waals surface area contributed by atoms with E-state index >= 15 is 0 Å². The third-order valence-corrected chi connectivity index (χ3v) is 3.93. The van der Waals surface area contributed by atoms with Gasteiger partial charge >= 0.3 is 0 Å². The predicted molar refractivity (Wildman–Crippen MR) is 62.2 cm³/mol. The molecule has 2 aliphatic heterocycles. The van der Waals surface area contributed by atoms with E-state index in [1.54, 1.807) is 0 Å². The van der Waals surface area contributed by atoms with Crippen LogP contribution in [-0.4, -0.2) is 54.4 Å². The van der Waals surface area contributed by atoms with Gasteiger partial charge in [0.05, 0.1) is 5.84 Å². The second-order valence-corrected chi connectivity index (χ2v) is 4.91. The zero-order chi connectivity index (χ0) is 10.8. The van der Waals surface area contributed by atoms with E-state index in [4.69, 9.17) is 11.1 Å². The maximum Gasteiger partial charge on any atom is 0.0918 e. The Morgan fingerprint density at radius 1 is 1.33 bits per heavy atom. The highest BCUT2D eigenvalue weighted by Gasteiger charge is 2.34. The predicted octanol–water partition coefficient (Wildman–Crippen LogP) is 0.481.